The van der Waals surface area contributed by atoms with Crippen LogP contribution >= 0.6 is 0 Å². The summed E-state index contributed by atoms with van der Waals surface area (Å²) in [6, 6.07) is 9.94. The number of ether oxygens (including phenoxy) is 1. The normalized spacial score (nSPS) is 12.2. The second kappa shape index (κ2) is 8.63. The van der Waals surface area contributed by atoms with Crippen LogP contribution in [0.3, 0.4) is 0 Å². The summed E-state index contributed by atoms with van der Waals surface area (Å²) in [6.07, 6.45) is -3.51. The van der Waals surface area contributed by atoms with Crippen LogP contribution in [0.2, 0.25) is 0 Å². The van der Waals surface area contributed by atoms with Crippen molar-refractivity contribution >= 4 is 31.7 Å². The van der Waals surface area contributed by atoms with E-state index < -0.39 is 32.2 Å². The molecule has 3 rings (SSSR count). The van der Waals surface area contributed by atoms with Gasteiger partial charge in [0, 0.05) is 17.6 Å². The fourth-order valence-corrected chi connectivity index (χ4v) is 4.42. The molecule has 3 aromatic rings. The number of hydrogen-bond donors (Lipinski definition) is 2. The Labute approximate surface area is 181 Å². The molecule has 0 saturated carbocycles. The standard InChI is InChI=1S/C18H15F3N4O5S2/c1-12-10-11-22-17(23-12)25-32(28,29)15-6-2-13(3-7-15)24-31(26,27)16-8-4-14(5-9-16)30-18(19,20)21/h2-11,24H,1H3,(H,22,23,25). The summed E-state index contributed by atoms with van der Waals surface area (Å²) < 4.78 is 94.5. The van der Waals surface area contributed by atoms with Crippen molar-refractivity contribution in [2.75, 3.05) is 9.44 Å². The summed E-state index contributed by atoms with van der Waals surface area (Å²) in [5.74, 6) is -0.691. The Morgan fingerprint density at radius 1 is 0.812 bits per heavy atom. The molecule has 0 bridgehead atoms. The van der Waals surface area contributed by atoms with Gasteiger partial charge in [0.05, 0.1) is 9.79 Å². The molecule has 9 nitrogen and oxygen atoms in total. The Morgan fingerprint density at radius 2 is 1.34 bits per heavy atom. The van der Waals surface area contributed by atoms with E-state index in [1.807, 2.05) is 0 Å². The number of hydrogen-bond acceptors (Lipinski definition) is 7. The van der Waals surface area contributed by atoms with Crippen molar-refractivity contribution in [3.05, 3.63) is 66.5 Å². The first-order chi connectivity index (χ1) is 14.8. The number of aromatic nitrogens is 2. The number of halogens is 3. The van der Waals surface area contributed by atoms with Crippen molar-refractivity contribution in [2.24, 2.45) is 0 Å². The Morgan fingerprint density at radius 3 is 1.88 bits per heavy atom. The maximum Gasteiger partial charge on any atom is 0.573 e. The minimum absolute atomic E-state index is 0.0337. The number of anilines is 2. The topological polar surface area (TPSA) is 127 Å². The van der Waals surface area contributed by atoms with Crippen LogP contribution < -0.4 is 14.2 Å². The molecule has 1 aromatic heterocycles. The fourth-order valence-electron chi connectivity index (χ4n) is 2.41. The largest absolute Gasteiger partial charge is 0.573 e. The summed E-state index contributed by atoms with van der Waals surface area (Å²) in [7, 11) is -8.17. The highest BCUT2D eigenvalue weighted by molar-refractivity contribution is 7.93. The summed E-state index contributed by atoms with van der Waals surface area (Å²) in [4.78, 5) is 7.27. The fraction of sp³-hybridized carbons (Fsp3) is 0.111. The zero-order valence-corrected chi connectivity index (χ0v) is 17.8. The smallest absolute Gasteiger partial charge is 0.406 e. The minimum atomic E-state index is -4.90. The van der Waals surface area contributed by atoms with Crippen molar-refractivity contribution < 1.29 is 34.7 Å². The predicted molar refractivity (Wildman–Crippen MR) is 108 cm³/mol. The second-order valence-electron chi connectivity index (χ2n) is 6.28. The van der Waals surface area contributed by atoms with Crippen molar-refractivity contribution in [3.8, 4) is 5.75 Å². The van der Waals surface area contributed by atoms with Gasteiger partial charge in [-0.15, -0.1) is 13.2 Å². The van der Waals surface area contributed by atoms with Gasteiger partial charge < -0.3 is 4.74 Å². The highest BCUT2D eigenvalue weighted by atomic mass is 32.2. The number of alkyl halides is 3. The van der Waals surface area contributed by atoms with Crippen LogP contribution in [0.4, 0.5) is 24.8 Å². The third kappa shape index (κ3) is 6.07. The molecule has 2 N–H and O–H groups in total. The molecule has 0 spiro atoms. The van der Waals surface area contributed by atoms with Crippen LogP contribution in [0.15, 0.2) is 70.6 Å². The highest BCUT2D eigenvalue weighted by Gasteiger charge is 2.31. The van der Waals surface area contributed by atoms with E-state index in [0.717, 1.165) is 36.4 Å². The van der Waals surface area contributed by atoms with E-state index in [0.29, 0.717) is 5.69 Å². The molecular weight excluding hydrogens is 473 g/mol. The monoisotopic (exact) mass is 488 g/mol. The third-order valence-corrected chi connectivity index (χ3v) is 6.55. The van der Waals surface area contributed by atoms with Gasteiger partial charge in [0.25, 0.3) is 20.0 Å². The van der Waals surface area contributed by atoms with Crippen LogP contribution in [0.25, 0.3) is 0 Å². The molecule has 0 aliphatic rings. The van der Waals surface area contributed by atoms with Gasteiger partial charge in [0.15, 0.2) is 0 Å². The number of rotatable bonds is 7. The Kier molecular flexibility index (Phi) is 6.27. The number of sulfonamides is 2. The molecule has 0 radical (unpaired) electrons. The molecule has 170 valence electrons. The number of nitrogens with zero attached hydrogens (tertiary/aromatic N) is 2. The predicted octanol–water partition coefficient (Wildman–Crippen LogP) is 3.29. The van der Waals surface area contributed by atoms with Gasteiger partial charge in [-0.3, -0.25) is 4.72 Å². The van der Waals surface area contributed by atoms with Crippen LogP contribution in [-0.2, 0) is 20.0 Å². The molecule has 32 heavy (non-hydrogen) atoms. The highest BCUT2D eigenvalue weighted by Crippen LogP contribution is 2.25. The third-order valence-electron chi connectivity index (χ3n) is 3.80. The average Bonchev–Trinajstić information content (AvgIpc) is 2.67. The van der Waals surface area contributed by atoms with Crippen LogP contribution in [-0.4, -0.2) is 33.2 Å². The molecule has 0 amide bonds. The van der Waals surface area contributed by atoms with Crippen LogP contribution in [0, 0.1) is 6.92 Å². The van der Waals surface area contributed by atoms with Gasteiger partial charge in [0.2, 0.25) is 5.95 Å². The van der Waals surface area contributed by atoms with E-state index in [1.165, 1.54) is 18.3 Å². The van der Waals surface area contributed by atoms with Gasteiger partial charge in [-0.2, -0.15) is 0 Å². The molecule has 0 unspecified atom stereocenters. The van der Waals surface area contributed by atoms with Gasteiger partial charge in [-0.25, -0.2) is 31.5 Å². The van der Waals surface area contributed by atoms with Gasteiger partial charge in [-0.1, -0.05) is 0 Å². The molecule has 0 saturated heterocycles. The molecule has 2 aromatic carbocycles. The maximum absolute atomic E-state index is 12.4. The molecule has 0 fully saturated rings. The van der Waals surface area contributed by atoms with Crippen molar-refractivity contribution in [3.63, 3.8) is 0 Å². The first-order valence-corrected chi connectivity index (χ1v) is 11.6. The SMILES string of the molecule is Cc1ccnc(NS(=O)(=O)c2ccc(NS(=O)(=O)c3ccc(OC(F)(F)F)cc3)cc2)n1. The van der Waals surface area contributed by atoms with Gasteiger partial charge >= 0.3 is 6.36 Å². The zero-order valence-electron chi connectivity index (χ0n) is 16.2. The van der Waals surface area contributed by atoms with Gasteiger partial charge in [0.1, 0.15) is 5.75 Å². The summed E-state index contributed by atoms with van der Waals surface area (Å²) in [5.41, 5.74) is 0.590. The summed E-state index contributed by atoms with van der Waals surface area (Å²) >= 11 is 0. The van der Waals surface area contributed by atoms with Crippen molar-refractivity contribution in [2.45, 2.75) is 23.1 Å². The Balaban J connectivity index is 1.73. The lowest BCUT2D eigenvalue weighted by molar-refractivity contribution is -0.274. The Bertz CT molecular complexity index is 1310. The Hall–Kier alpha value is -3.39. The lowest BCUT2D eigenvalue weighted by Crippen LogP contribution is -2.17. The van der Waals surface area contributed by atoms with Crippen LogP contribution in [0.5, 0.6) is 5.75 Å². The van der Waals surface area contributed by atoms with Crippen LogP contribution in [0.1, 0.15) is 5.69 Å². The number of aryl methyl sites for hydroxylation is 1. The lowest BCUT2D eigenvalue weighted by Gasteiger charge is -2.11. The van der Waals surface area contributed by atoms with E-state index in [1.54, 1.807) is 13.0 Å². The number of benzene rings is 2. The van der Waals surface area contributed by atoms with E-state index in [9.17, 15) is 30.0 Å². The lowest BCUT2D eigenvalue weighted by atomic mass is 10.3. The van der Waals surface area contributed by atoms with E-state index in [2.05, 4.69) is 24.1 Å². The molecule has 1 heterocycles. The van der Waals surface area contributed by atoms with E-state index >= 15 is 0 Å². The van der Waals surface area contributed by atoms with E-state index in [-0.39, 0.29) is 21.4 Å². The molecule has 0 atom stereocenters. The van der Waals surface area contributed by atoms with E-state index in [4.69, 9.17) is 0 Å². The number of nitrogens with one attached hydrogen (secondary N) is 2. The minimum Gasteiger partial charge on any atom is -0.406 e. The van der Waals surface area contributed by atoms with Gasteiger partial charge in [-0.05, 0) is 61.5 Å². The first kappa shape index (κ1) is 23.3. The summed E-state index contributed by atoms with van der Waals surface area (Å²) in [5, 5.41) is 0. The summed E-state index contributed by atoms with van der Waals surface area (Å²) in [6.45, 7) is 1.66. The quantitative estimate of drug-likeness (QED) is 0.522. The molecule has 0 aliphatic carbocycles. The maximum atomic E-state index is 12.4. The second-order valence-corrected chi connectivity index (χ2v) is 9.64. The zero-order chi connectivity index (χ0) is 23.6. The molecule has 0 aliphatic heterocycles. The average molecular weight is 488 g/mol. The first-order valence-electron chi connectivity index (χ1n) is 8.65. The molecule has 14 heteroatoms. The van der Waals surface area contributed by atoms with Crippen molar-refractivity contribution in [1.29, 1.82) is 0 Å². The molecular formula is C18H15F3N4O5S2. The van der Waals surface area contributed by atoms with Crippen molar-refractivity contribution in [1.82, 2.24) is 9.97 Å².